The Morgan fingerprint density at radius 1 is 1.29 bits per heavy atom. The summed E-state index contributed by atoms with van der Waals surface area (Å²) in [4.78, 5) is 0. The molecule has 0 atom stereocenters. The van der Waals surface area contributed by atoms with Crippen LogP contribution in [0.4, 0.5) is 0 Å². The Labute approximate surface area is 60.0 Å². The van der Waals surface area contributed by atoms with E-state index in [-0.39, 0.29) is 24.9 Å². The quantitative estimate of drug-likeness (QED) is 0.241. The van der Waals surface area contributed by atoms with E-state index in [1.165, 1.54) is 0 Å². The van der Waals surface area contributed by atoms with Gasteiger partial charge in [-0.1, -0.05) is 0 Å². The molecule has 0 saturated heterocycles. The van der Waals surface area contributed by atoms with E-state index in [9.17, 15) is 0 Å². The summed E-state index contributed by atoms with van der Waals surface area (Å²) in [5.41, 5.74) is 4.22. The summed E-state index contributed by atoms with van der Waals surface area (Å²) in [7, 11) is 0. The van der Waals surface area contributed by atoms with Crippen molar-refractivity contribution in [2.24, 2.45) is 11.7 Å². The predicted octanol–water partition coefficient (Wildman–Crippen LogP) is -1.80. The molecule has 0 aromatic heterocycles. The molecule has 0 amide bonds. The van der Waals surface area contributed by atoms with Crippen molar-refractivity contribution in [1.29, 1.82) is 0 Å². The number of hydrogen-bond acceptors (Lipinski definition) is 3. The van der Waals surface area contributed by atoms with Gasteiger partial charge in [0, 0.05) is 19.8 Å². The first-order valence-electron chi connectivity index (χ1n) is 1.28. The van der Waals surface area contributed by atoms with E-state index in [1.54, 1.807) is 0 Å². The fourth-order valence-corrected chi connectivity index (χ4v) is 0.0417. The molecule has 6 N–H and O–H groups in total. The van der Waals surface area contributed by atoms with E-state index < -0.39 is 0 Å². The molecular formula is CH6N4OsS. The van der Waals surface area contributed by atoms with Gasteiger partial charge in [-0.2, -0.15) is 0 Å². The number of rotatable bonds is 0. The van der Waals surface area contributed by atoms with Crippen molar-refractivity contribution in [3.8, 4) is 0 Å². The Bertz CT molecular complexity index is 49.7. The van der Waals surface area contributed by atoms with Crippen molar-refractivity contribution in [2.45, 2.75) is 0 Å². The van der Waals surface area contributed by atoms with Gasteiger partial charge in [0.1, 0.15) is 0 Å². The maximum Gasteiger partial charge on any atom is 0.194 e. The summed E-state index contributed by atoms with van der Waals surface area (Å²) < 4.78 is 0. The van der Waals surface area contributed by atoms with Crippen molar-refractivity contribution >= 4 is 17.3 Å². The number of thiocarbonyl (C=S) groups is 1. The van der Waals surface area contributed by atoms with E-state index in [4.69, 9.17) is 11.7 Å². The number of nitrogens with one attached hydrogen (secondary N) is 2. The minimum absolute atomic E-state index is 0. The summed E-state index contributed by atoms with van der Waals surface area (Å²) in [5, 5.41) is 0.231. The van der Waals surface area contributed by atoms with Gasteiger partial charge in [-0.3, -0.25) is 10.9 Å². The zero-order chi connectivity index (χ0) is 4.99. The van der Waals surface area contributed by atoms with Gasteiger partial charge >= 0.3 is 0 Å². The normalized spacial score (nSPS) is 6.00. The second kappa shape index (κ2) is 6.25. The van der Waals surface area contributed by atoms with Crippen LogP contribution in [0.1, 0.15) is 0 Å². The summed E-state index contributed by atoms with van der Waals surface area (Å²) in [5.74, 6) is 9.50. The Morgan fingerprint density at radius 3 is 1.57 bits per heavy atom. The minimum atomic E-state index is 0. The van der Waals surface area contributed by atoms with Crippen LogP contribution in [0.2, 0.25) is 0 Å². The molecule has 0 saturated carbocycles. The van der Waals surface area contributed by atoms with Crippen molar-refractivity contribution in [3.63, 3.8) is 0 Å². The molecule has 0 aliphatic heterocycles. The van der Waals surface area contributed by atoms with E-state index in [2.05, 4.69) is 23.1 Å². The van der Waals surface area contributed by atoms with Gasteiger partial charge < -0.3 is 0 Å². The monoisotopic (exact) mass is 298 g/mol. The molecule has 0 rings (SSSR count). The van der Waals surface area contributed by atoms with Crippen molar-refractivity contribution < 1.29 is 19.8 Å². The third-order valence-electron chi connectivity index (χ3n) is 0.262. The van der Waals surface area contributed by atoms with Crippen LogP contribution < -0.4 is 22.5 Å². The third-order valence-corrected chi connectivity index (χ3v) is 0.498. The number of hydrogen-bond donors (Lipinski definition) is 4. The molecular weight excluding hydrogens is 290 g/mol. The maximum absolute atomic E-state index is 4.75. The molecule has 0 aromatic carbocycles. The zero-order valence-electron chi connectivity index (χ0n) is 3.42. The second-order valence-electron chi connectivity index (χ2n) is 0.618. The van der Waals surface area contributed by atoms with E-state index in [1.807, 2.05) is 0 Å². The molecule has 0 fully saturated rings. The molecule has 0 heterocycles. The van der Waals surface area contributed by atoms with Gasteiger partial charge in [0.05, 0.1) is 0 Å². The predicted molar refractivity (Wildman–Crippen MR) is 27.2 cm³/mol. The van der Waals surface area contributed by atoms with Gasteiger partial charge in [-0.25, -0.2) is 11.7 Å². The average Bonchev–Trinajstić information content (AvgIpc) is 1.65. The Morgan fingerprint density at radius 2 is 1.57 bits per heavy atom. The first kappa shape index (κ1) is 10.3. The van der Waals surface area contributed by atoms with Gasteiger partial charge in [0.2, 0.25) is 0 Å². The van der Waals surface area contributed by atoms with Crippen molar-refractivity contribution in [2.75, 3.05) is 0 Å². The van der Waals surface area contributed by atoms with Crippen LogP contribution in [0.3, 0.4) is 0 Å². The summed E-state index contributed by atoms with van der Waals surface area (Å²) in [6, 6.07) is 0. The van der Waals surface area contributed by atoms with Crippen LogP contribution in [0.15, 0.2) is 0 Å². The van der Waals surface area contributed by atoms with Gasteiger partial charge in [-0.15, -0.1) is 0 Å². The molecule has 4 nitrogen and oxygen atoms in total. The third kappa shape index (κ3) is 6.25. The Balaban J connectivity index is 0. The van der Waals surface area contributed by atoms with E-state index >= 15 is 0 Å². The molecule has 6 heteroatoms. The van der Waals surface area contributed by atoms with Crippen LogP contribution in [-0.4, -0.2) is 5.11 Å². The van der Waals surface area contributed by atoms with E-state index in [0.717, 1.165) is 0 Å². The van der Waals surface area contributed by atoms with Gasteiger partial charge in [0.15, 0.2) is 5.11 Å². The SMILES string of the molecule is NNC(=S)NN.[Os]. The Kier molecular flexibility index (Phi) is 9.17. The van der Waals surface area contributed by atoms with Crippen LogP contribution in [0.5, 0.6) is 0 Å². The fraction of sp³-hybridized carbons (Fsp3) is 0. The maximum atomic E-state index is 4.75. The molecule has 0 aliphatic carbocycles. The van der Waals surface area contributed by atoms with Crippen molar-refractivity contribution in [3.05, 3.63) is 0 Å². The Hall–Kier alpha value is 0.246. The van der Waals surface area contributed by atoms with Crippen molar-refractivity contribution in [1.82, 2.24) is 10.9 Å². The number of hydrazine groups is 2. The zero-order valence-corrected chi connectivity index (χ0v) is 6.77. The molecule has 0 aromatic rings. The molecule has 0 unspecified atom stereocenters. The first-order valence-corrected chi connectivity index (χ1v) is 1.69. The van der Waals surface area contributed by atoms with Crippen LogP contribution >= 0.6 is 12.2 Å². The van der Waals surface area contributed by atoms with Crippen LogP contribution in [-0.2, 0) is 19.8 Å². The fourth-order valence-electron chi connectivity index (χ4n) is 0.0417. The molecule has 0 aliphatic rings. The van der Waals surface area contributed by atoms with Crippen LogP contribution in [0, 0.1) is 0 Å². The molecule has 0 spiro atoms. The van der Waals surface area contributed by atoms with Crippen LogP contribution in [0.25, 0.3) is 0 Å². The standard InChI is InChI=1S/CH6N4S.Os/c2-4-1(6)5-3;/h2-3H2,(H2,4,5,6);. The van der Waals surface area contributed by atoms with Gasteiger partial charge in [-0.05, 0) is 12.2 Å². The summed E-state index contributed by atoms with van der Waals surface area (Å²) >= 11 is 4.38. The molecule has 0 radical (unpaired) electrons. The molecule has 0 bridgehead atoms. The van der Waals surface area contributed by atoms with E-state index in [0.29, 0.717) is 0 Å². The largest absolute Gasteiger partial charge is 0.300 e. The minimum Gasteiger partial charge on any atom is -0.300 e. The number of nitrogens with two attached hydrogens (primary N) is 2. The smallest absolute Gasteiger partial charge is 0.194 e. The molecule has 44 valence electrons. The second-order valence-corrected chi connectivity index (χ2v) is 1.03. The summed E-state index contributed by atoms with van der Waals surface area (Å²) in [6.07, 6.45) is 0. The molecule has 7 heavy (non-hydrogen) atoms. The first-order chi connectivity index (χ1) is 2.81. The average molecular weight is 296 g/mol. The topological polar surface area (TPSA) is 76.1 Å². The summed E-state index contributed by atoms with van der Waals surface area (Å²) in [6.45, 7) is 0. The van der Waals surface area contributed by atoms with Gasteiger partial charge in [0.25, 0.3) is 0 Å².